The molecule has 2 atom stereocenters. The van der Waals surface area contributed by atoms with E-state index in [0.29, 0.717) is 54.5 Å². The number of carboxylic acids is 1. The van der Waals surface area contributed by atoms with Crippen LogP contribution in [0.5, 0.6) is 17.2 Å². The third-order valence-electron chi connectivity index (χ3n) is 25.3. The first-order valence-electron chi connectivity index (χ1n) is 48.4. The number of nitrogens with zero attached hydrogens (tertiary/aromatic N) is 1. The van der Waals surface area contributed by atoms with Gasteiger partial charge in [-0.1, -0.05) is 137 Å². The zero-order valence-corrected chi connectivity index (χ0v) is 88.9. The van der Waals surface area contributed by atoms with Gasteiger partial charge in [0.05, 0.1) is 61.9 Å². The average Bonchev–Trinajstić information content (AvgIpc) is 0.734. The zero-order valence-electron chi connectivity index (χ0n) is 83.1. The summed E-state index contributed by atoms with van der Waals surface area (Å²) in [6.07, 6.45) is 4.23. The molecule has 4 heterocycles. The molecule has 0 aromatic heterocycles. The number of rotatable bonds is 23. The molecule has 24 nitrogen and oxygen atoms in total. The van der Waals surface area contributed by atoms with E-state index in [9.17, 15) is 83.6 Å². The van der Waals surface area contributed by atoms with Crippen LogP contribution in [-0.2, 0) is 103 Å². The van der Waals surface area contributed by atoms with Gasteiger partial charge < -0.3 is 56.4 Å². The highest BCUT2D eigenvalue weighted by Gasteiger charge is 2.67. The lowest BCUT2D eigenvalue weighted by Gasteiger charge is -2.55. The third-order valence-corrected chi connectivity index (χ3v) is 34.7. The topological polar surface area (TPSA) is 365 Å². The van der Waals surface area contributed by atoms with E-state index in [2.05, 4.69) is 171 Å². The van der Waals surface area contributed by atoms with Gasteiger partial charge in [0.25, 0.3) is 18.2 Å². The van der Waals surface area contributed by atoms with E-state index in [1.54, 1.807) is 14.2 Å². The predicted molar refractivity (Wildman–Crippen MR) is 540 cm³/mol. The van der Waals surface area contributed by atoms with Crippen LogP contribution in [0.2, 0.25) is 0 Å². The van der Waals surface area contributed by atoms with Crippen molar-refractivity contribution in [2.75, 3.05) is 121 Å². The Hall–Kier alpha value is -6.84. The molecule has 41 heteroatoms. The fourth-order valence-electron chi connectivity index (χ4n) is 20.1. The summed E-state index contributed by atoms with van der Waals surface area (Å²) in [5.41, 5.74) is -1.18. The Morgan fingerprint density at radius 3 is 1.06 bits per heavy atom. The van der Waals surface area contributed by atoms with Crippen LogP contribution in [0.3, 0.4) is 0 Å². The summed E-state index contributed by atoms with van der Waals surface area (Å²) in [6, 6.07) is 51.2. The fourth-order valence-corrected chi connectivity index (χ4v) is 28.2. The predicted octanol–water partition coefficient (Wildman–Crippen LogP) is 22.3. The lowest BCUT2D eigenvalue weighted by atomic mass is 9.49. The number of methoxy groups -OCH3 is 2. The van der Waals surface area contributed by atoms with Crippen molar-refractivity contribution in [3.8, 4) is 17.2 Å². The van der Waals surface area contributed by atoms with Crippen molar-refractivity contribution >= 4 is 125 Å². The number of aliphatic carboxylic acids is 1. The van der Waals surface area contributed by atoms with Crippen LogP contribution in [0.25, 0.3) is 32.3 Å². The monoisotopic (exact) mass is 2160 g/mol. The van der Waals surface area contributed by atoms with Gasteiger partial charge in [-0.3, -0.25) is 29.1 Å². The first kappa shape index (κ1) is 125. The molecule has 4 aliphatic heterocycles. The molecule has 7 aromatic rings. The summed E-state index contributed by atoms with van der Waals surface area (Å²) in [5, 5.41) is 15.5. The largest absolute Gasteiger partial charge is 0.748 e. The number of alkyl halides is 10. The Morgan fingerprint density at radius 1 is 0.455 bits per heavy atom. The molecule has 19 rings (SSSR count). The molecule has 2 unspecified atom stereocenters. The Labute approximate surface area is 849 Å². The van der Waals surface area contributed by atoms with E-state index in [4.69, 9.17) is 57.1 Å². The summed E-state index contributed by atoms with van der Waals surface area (Å²) in [4.78, 5) is 36.8. The summed E-state index contributed by atoms with van der Waals surface area (Å²) in [5.74, 6) is 10.1. The van der Waals surface area contributed by atoms with Gasteiger partial charge in [0.1, 0.15) is 60.0 Å². The summed E-state index contributed by atoms with van der Waals surface area (Å²) < 4.78 is 269. The molecular formula is C102H143F10NO23S7. The van der Waals surface area contributed by atoms with Crippen LogP contribution >= 0.6 is 11.8 Å². The molecule has 143 heavy (non-hydrogen) atoms. The number of carbonyl (C=O) groups is 3. The lowest BCUT2D eigenvalue weighted by Crippen LogP contribution is -2.56. The second kappa shape index (κ2) is 59.5. The molecular weight excluding hydrogens is 2020 g/mol. The van der Waals surface area contributed by atoms with Crippen molar-refractivity contribution in [1.82, 2.24) is 0 Å². The van der Waals surface area contributed by atoms with E-state index < -0.39 is 105 Å². The van der Waals surface area contributed by atoms with Crippen molar-refractivity contribution in [1.29, 1.82) is 0 Å². The number of thioether (sulfide) groups is 1. The number of fused-ring (bicyclic) bond motifs is 3. The van der Waals surface area contributed by atoms with Crippen molar-refractivity contribution in [2.45, 2.75) is 240 Å². The second-order valence-corrected chi connectivity index (χ2v) is 49.7. The SMILES string of the molecule is C1CCSCC1.CC.CC(=O)O.CCCOc1cccc2ccccc12.COCCOc1ccc([S+]2CCCCC2)c2ccccc12.COCCOc1ccc([S+]2CCCCC2)c2ccccc12.CS(=O)(=O)[O-].C[N+](C)(C)Cc1ccccc1.O=C(OC(C(F)(F)F)C(F)(F)S(=O)(=O)[O-])C12CC3CC(CC(C3)C1)C2.O=C(OC(C(F)(F)F)C(F)(F)S(=O)(=O)[O-])C12CC3CC(CC(C3)C1)C2.O=S1CCCCC1.OO. The number of carbonyl (C=O) groups excluding carboxylic acids is 2. The maximum absolute atomic E-state index is 13.5. The minimum absolute atomic E-state index is 0.131. The fraction of sp³-hybridized carbons (Fsp3) is 0.618. The molecule has 12 fully saturated rings. The first-order chi connectivity index (χ1) is 67.4. The molecule has 0 radical (unpaired) electrons. The van der Waals surface area contributed by atoms with Gasteiger partial charge in [-0.05, 0) is 243 Å². The van der Waals surface area contributed by atoms with Crippen LogP contribution in [0.15, 0.2) is 155 Å². The van der Waals surface area contributed by atoms with Crippen molar-refractivity contribution in [2.24, 2.45) is 46.3 Å². The van der Waals surface area contributed by atoms with Crippen molar-refractivity contribution in [3.05, 3.63) is 151 Å². The number of carboxylic acid groups (broad SMARTS) is 1. The Kier molecular flexibility index (Phi) is 52.0. The highest BCUT2D eigenvalue weighted by Crippen LogP contribution is 2.63. The van der Waals surface area contributed by atoms with Gasteiger partial charge in [-0.25, -0.2) is 25.3 Å². The number of hydrogen-bond acceptors (Lipinski definition) is 23. The number of ether oxygens (including phenoxy) is 7. The quantitative estimate of drug-likeness (QED) is 0.00782. The van der Waals surface area contributed by atoms with Gasteiger partial charge >= 0.3 is 34.8 Å². The lowest BCUT2D eigenvalue weighted by molar-refractivity contribution is -0.884. The van der Waals surface area contributed by atoms with E-state index in [1.165, 1.54) is 159 Å². The third kappa shape index (κ3) is 40.5. The summed E-state index contributed by atoms with van der Waals surface area (Å²) in [6.45, 7) is 11.5. The number of hydrogen-bond donors (Lipinski definition) is 3. The second-order valence-electron chi connectivity index (χ2n) is 38.0. The van der Waals surface area contributed by atoms with Gasteiger partial charge in [0.15, 0.2) is 30.0 Å². The Morgan fingerprint density at radius 2 is 0.762 bits per heavy atom. The van der Waals surface area contributed by atoms with E-state index in [0.717, 1.165) is 98.3 Å². The number of halogens is 10. The molecule has 3 N–H and O–H groups in total. The van der Waals surface area contributed by atoms with Crippen LogP contribution in [0.1, 0.15) is 194 Å². The first-order valence-corrected chi connectivity index (χ1v) is 58.8. The molecule has 12 aliphatic rings. The Bertz CT molecular complexity index is 5070. The highest BCUT2D eigenvalue weighted by molar-refractivity contribution is 7.99. The standard InChI is InChI=1S/2C18H23O2S.2C14H17F5O5S.C13H14O.C10H16N.C5H10OS.C5H10S.C2H4O2.C2H6.CH4O3S.H2O2/c2*1-19-11-12-20-17-9-10-18(21-13-5-2-6-14-21)16-8-4-3-7-15(16)17;2*15-13(16,17)10(14(18,19)25(21,22)23)24-11(20)12-4-7-1-8(5-12)3-9(2-7)6-12;1-2-10-14-13-9-5-7-11-6-3-4-8-12(11)13;1-11(2,3)9-10-7-5-4-6-8-10;6-7-4-2-1-3-5-7;1-2-4-6-5-3-1;1-2(3)4;1-2;1-5(2,3)4;1-2/h2*3-4,7-10H,2,5-6,11-14H2,1H3;2*7-10H,1-6H2,(H,21,22,23);3-9H,2,10H2,1H3;4-8H,9H2,1-3H3;1-5H2;1-5H2;1H3,(H,3,4);1-2H3;1H3,(H,2,3,4);1-2H/q2*+1;;;;+1;;;;;;/p-3. The molecule has 7 aromatic carbocycles. The highest BCUT2D eigenvalue weighted by atomic mass is 32.2. The molecule has 4 saturated heterocycles. The number of esters is 2. The molecule has 806 valence electrons. The average molecular weight is 2170 g/mol. The minimum atomic E-state index is -6.67. The molecule has 8 bridgehead atoms. The normalized spacial score (nSPS) is 22.3. The number of quaternary nitrogens is 1. The van der Waals surface area contributed by atoms with Gasteiger partial charge in [0, 0.05) is 104 Å². The van der Waals surface area contributed by atoms with Gasteiger partial charge in [0.2, 0.25) is 0 Å². The molecule has 8 saturated carbocycles. The number of benzene rings is 7. The van der Waals surface area contributed by atoms with Crippen LogP contribution in [0.4, 0.5) is 43.9 Å². The smallest absolute Gasteiger partial charge is 0.432 e. The van der Waals surface area contributed by atoms with Gasteiger partial charge in [-0.15, -0.1) is 0 Å². The molecule has 0 spiro atoms. The molecule has 8 aliphatic carbocycles. The summed E-state index contributed by atoms with van der Waals surface area (Å²) in [7, 11) is -6.84. The van der Waals surface area contributed by atoms with E-state index in [-0.39, 0.29) is 74.0 Å². The van der Waals surface area contributed by atoms with Crippen molar-refractivity contribution in [3.63, 3.8) is 0 Å². The Balaban J connectivity index is 0.000000253. The minimum Gasteiger partial charge on any atom is -0.748 e. The summed E-state index contributed by atoms with van der Waals surface area (Å²) >= 11 is 2.09. The van der Waals surface area contributed by atoms with E-state index >= 15 is 0 Å². The van der Waals surface area contributed by atoms with Gasteiger partial charge in [-0.2, -0.15) is 55.7 Å². The van der Waals surface area contributed by atoms with E-state index in [1.807, 2.05) is 38.1 Å². The van der Waals surface area contributed by atoms with Crippen molar-refractivity contribution < 1.29 is 155 Å². The zero-order chi connectivity index (χ0) is 106. The van der Waals surface area contributed by atoms with Crippen LogP contribution < -0.4 is 14.2 Å². The maximum atomic E-state index is 13.5. The maximum Gasteiger partial charge on any atom is 0.432 e. The van der Waals surface area contributed by atoms with Crippen LogP contribution in [-0.4, -0.2) is 237 Å². The van der Waals surface area contributed by atoms with Crippen LogP contribution in [0, 0.1) is 46.3 Å². The molecule has 0 amide bonds.